The first-order valence-electron chi connectivity index (χ1n) is 4.78. The van der Waals surface area contributed by atoms with E-state index in [4.69, 9.17) is 11.6 Å². The summed E-state index contributed by atoms with van der Waals surface area (Å²) in [6.45, 7) is 3.86. The lowest BCUT2D eigenvalue weighted by Gasteiger charge is -2.05. The van der Waals surface area contributed by atoms with Crippen molar-refractivity contribution >= 4 is 22.6 Å². The van der Waals surface area contributed by atoms with Crippen molar-refractivity contribution in [3.8, 4) is 0 Å². The molecule has 0 spiro atoms. The van der Waals surface area contributed by atoms with Gasteiger partial charge in [0.2, 0.25) is 0 Å². The Kier molecular flexibility index (Phi) is 2.49. The van der Waals surface area contributed by atoms with Gasteiger partial charge in [0, 0.05) is 5.92 Å². The monoisotopic (exact) mass is 222 g/mol. The second kappa shape index (κ2) is 3.66. The zero-order valence-electron chi connectivity index (χ0n) is 8.54. The highest BCUT2D eigenvalue weighted by Crippen LogP contribution is 2.20. The van der Waals surface area contributed by atoms with Gasteiger partial charge in [0.05, 0.1) is 10.5 Å². The van der Waals surface area contributed by atoms with Gasteiger partial charge in [-0.1, -0.05) is 31.5 Å². The van der Waals surface area contributed by atoms with E-state index in [1.807, 2.05) is 13.8 Å². The summed E-state index contributed by atoms with van der Waals surface area (Å²) in [4.78, 5) is 18.7. The molecule has 0 aliphatic rings. The van der Waals surface area contributed by atoms with Crippen LogP contribution in [0, 0.1) is 0 Å². The molecule has 0 unspecified atom stereocenters. The molecule has 1 heterocycles. The number of H-pyrrole nitrogens is 1. The normalized spacial score (nSPS) is 11.2. The van der Waals surface area contributed by atoms with E-state index >= 15 is 0 Å². The van der Waals surface area contributed by atoms with Crippen molar-refractivity contribution in [2.75, 3.05) is 0 Å². The molecule has 78 valence electrons. The predicted octanol–water partition coefficient (Wildman–Crippen LogP) is 2.70. The first kappa shape index (κ1) is 10.2. The van der Waals surface area contributed by atoms with Crippen LogP contribution in [0.3, 0.4) is 0 Å². The van der Waals surface area contributed by atoms with Gasteiger partial charge >= 0.3 is 0 Å². The fourth-order valence-electron chi connectivity index (χ4n) is 1.48. The van der Waals surface area contributed by atoms with Crippen molar-refractivity contribution < 1.29 is 0 Å². The molecule has 0 aliphatic carbocycles. The Bertz CT molecular complexity index is 560. The number of benzene rings is 1. The van der Waals surface area contributed by atoms with Gasteiger partial charge in [-0.3, -0.25) is 4.79 Å². The average molecular weight is 223 g/mol. The number of fused-ring (bicyclic) bond motifs is 1. The summed E-state index contributed by atoms with van der Waals surface area (Å²) in [6.07, 6.45) is 0. The van der Waals surface area contributed by atoms with Crippen LogP contribution in [0.5, 0.6) is 0 Å². The number of para-hydroxylation sites is 1. The Morgan fingerprint density at radius 3 is 2.80 bits per heavy atom. The molecule has 4 heteroatoms. The molecule has 0 saturated carbocycles. The summed E-state index contributed by atoms with van der Waals surface area (Å²) in [5.74, 6) is 0.0921. The fourth-order valence-corrected chi connectivity index (χ4v) is 1.70. The summed E-state index contributed by atoms with van der Waals surface area (Å²) in [7, 11) is 0. The third-order valence-corrected chi connectivity index (χ3v) is 2.55. The predicted molar refractivity (Wildman–Crippen MR) is 61.5 cm³/mol. The lowest BCUT2D eigenvalue weighted by Crippen LogP contribution is -2.16. The third-order valence-electron chi connectivity index (χ3n) is 2.25. The molecule has 2 aromatic rings. The van der Waals surface area contributed by atoms with Crippen LogP contribution in [-0.2, 0) is 0 Å². The summed E-state index contributed by atoms with van der Waals surface area (Å²) >= 11 is 6.00. The minimum Gasteiger partial charge on any atom is -0.319 e. The van der Waals surface area contributed by atoms with Crippen molar-refractivity contribution in [2.24, 2.45) is 0 Å². The highest BCUT2D eigenvalue weighted by atomic mass is 35.5. The Morgan fingerprint density at radius 2 is 2.13 bits per heavy atom. The molecule has 3 nitrogen and oxygen atoms in total. The van der Waals surface area contributed by atoms with E-state index < -0.39 is 0 Å². The highest BCUT2D eigenvalue weighted by molar-refractivity contribution is 6.34. The Labute approximate surface area is 92.1 Å². The molecule has 1 N–H and O–H groups in total. The fraction of sp³-hybridized carbons (Fsp3) is 0.273. The highest BCUT2D eigenvalue weighted by Gasteiger charge is 2.09. The van der Waals surface area contributed by atoms with E-state index in [0.29, 0.717) is 21.7 Å². The van der Waals surface area contributed by atoms with Crippen LogP contribution < -0.4 is 5.56 Å². The first-order valence-corrected chi connectivity index (χ1v) is 5.16. The lowest BCUT2D eigenvalue weighted by atomic mass is 10.1. The minimum atomic E-state index is -0.139. The van der Waals surface area contributed by atoms with E-state index in [-0.39, 0.29) is 11.5 Å². The molecule has 0 aliphatic heterocycles. The molecule has 15 heavy (non-hydrogen) atoms. The van der Waals surface area contributed by atoms with Gasteiger partial charge in [-0.2, -0.15) is 0 Å². The standard InChI is InChI=1S/C11H11ClN2O/c1-6(2)9-11(15)13-8-5-3-4-7(12)10(8)14-9/h3-6H,1-2H3,(H,13,15). The number of rotatable bonds is 1. The number of aromatic amines is 1. The van der Waals surface area contributed by atoms with Crippen molar-refractivity contribution in [3.63, 3.8) is 0 Å². The number of nitrogens with one attached hydrogen (secondary N) is 1. The van der Waals surface area contributed by atoms with E-state index in [9.17, 15) is 4.79 Å². The zero-order chi connectivity index (χ0) is 11.0. The molecule has 0 amide bonds. The Hall–Kier alpha value is -1.35. The molecule has 0 saturated heterocycles. The molecular formula is C11H11ClN2O. The van der Waals surface area contributed by atoms with Crippen molar-refractivity contribution in [2.45, 2.75) is 19.8 Å². The van der Waals surface area contributed by atoms with Crippen LogP contribution in [0.4, 0.5) is 0 Å². The molecule has 2 rings (SSSR count). The van der Waals surface area contributed by atoms with Gasteiger partial charge in [-0.05, 0) is 12.1 Å². The Morgan fingerprint density at radius 1 is 1.40 bits per heavy atom. The smallest absolute Gasteiger partial charge is 0.270 e. The second-order valence-corrected chi connectivity index (χ2v) is 4.15. The third kappa shape index (κ3) is 1.75. The Balaban J connectivity index is 2.84. The summed E-state index contributed by atoms with van der Waals surface area (Å²) in [5.41, 5.74) is 1.72. The lowest BCUT2D eigenvalue weighted by molar-refractivity contribution is 0.807. The number of halogens is 1. The van der Waals surface area contributed by atoms with Crippen LogP contribution in [0.15, 0.2) is 23.0 Å². The molecule has 0 fully saturated rings. The van der Waals surface area contributed by atoms with Crippen molar-refractivity contribution in [1.82, 2.24) is 9.97 Å². The second-order valence-electron chi connectivity index (χ2n) is 3.74. The molecule has 0 radical (unpaired) electrons. The van der Waals surface area contributed by atoms with Gasteiger partial charge in [-0.15, -0.1) is 0 Å². The van der Waals surface area contributed by atoms with E-state index in [1.165, 1.54) is 0 Å². The summed E-state index contributed by atoms with van der Waals surface area (Å²) in [6, 6.07) is 5.34. The maximum absolute atomic E-state index is 11.6. The molecule has 0 bridgehead atoms. The van der Waals surface area contributed by atoms with Crippen LogP contribution in [0.1, 0.15) is 25.5 Å². The maximum Gasteiger partial charge on any atom is 0.270 e. The number of aromatic nitrogens is 2. The molecular weight excluding hydrogens is 212 g/mol. The number of hydrogen-bond donors (Lipinski definition) is 1. The molecule has 1 aromatic heterocycles. The number of hydrogen-bond acceptors (Lipinski definition) is 2. The molecule has 1 aromatic carbocycles. The van der Waals surface area contributed by atoms with E-state index in [0.717, 1.165) is 0 Å². The van der Waals surface area contributed by atoms with Gasteiger partial charge < -0.3 is 4.98 Å². The quantitative estimate of drug-likeness (QED) is 0.807. The average Bonchev–Trinajstić information content (AvgIpc) is 2.16. The van der Waals surface area contributed by atoms with Crippen LogP contribution in [0.25, 0.3) is 11.0 Å². The maximum atomic E-state index is 11.6. The summed E-state index contributed by atoms with van der Waals surface area (Å²) in [5, 5.41) is 0.561. The van der Waals surface area contributed by atoms with Gasteiger partial charge in [0.1, 0.15) is 11.2 Å². The SMILES string of the molecule is CC(C)c1nc2c(Cl)cccc2[nH]c1=O. The van der Waals surface area contributed by atoms with Gasteiger partial charge in [0.25, 0.3) is 5.56 Å². The first-order chi connectivity index (χ1) is 7.09. The van der Waals surface area contributed by atoms with Crippen LogP contribution in [-0.4, -0.2) is 9.97 Å². The minimum absolute atomic E-state index is 0.0921. The van der Waals surface area contributed by atoms with Gasteiger partial charge in [-0.25, -0.2) is 4.98 Å². The largest absolute Gasteiger partial charge is 0.319 e. The molecule has 0 atom stereocenters. The number of nitrogens with zero attached hydrogens (tertiary/aromatic N) is 1. The van der Waals surface area contributed by atoms with Crippen LogP contribution >= 0.6 is 11.6 Å². The van der Waals surface area contributed by atoms with E-state index in [2.05, 4.69) is 9.97 Å². The van der Waals surface area contributed by atoms with Crippen molar-refractivity contribution in [1.29, 1.82) is 0 Å². The van der Waals surface area contributed by atoms with E-state index in [1.54, 1.807) is 18.2 Å². The van der Waals surface area contributed by atoms with Crippen LogP contribution in [0.2, 0.25) is 5.02 Å². The van der Waals surface area contributed by atoms with Crippen molar-refractivity contribution in [3.05, 3.63) is 39.3 Å². The zero-order valence-corrected chi connectivity index (χ0v) is 9.30. The summed E-state index contributed by atoms with van der Waals surface area (Å²) < 4.78 is 0. The topological polar surface area (TPSA) is 45.8 Å². The van der Waals surface area contributed by atoms with Gasteiger partial charge in [0.15, 0.2) is 0 Å².